The third-order valence-electron chi connectivity index (χ3n) is 2.12. The van der Waals surface area contributed by atoms with Gasteiger partial charge in [0.15, 0.2) is 0 Å². The highest BCUT2D eigenvalue weighted by molar-refractivity contribution is 6.31. The number of hydrogen-bond acceptors (Lipinski definition) is 2. The lowest BCUT2D eigenvalue weighted by molar-refractivity contribution is -0.137. The molecule has 90 valence electrons. The molecule has 1 aromatic carbocycles. The highest BCUT2D eigenvalue weighted by Gasteiger charge is 2.33. The third-order valence-corrected chi connectivity index (χ3v) is 2.45. The van der Waals surface area contributed by atoms with Crippen molar-refractivity contribution in [1.29, 1.82) is 0 Å². The molecule has 1 atom stereocenters. The van der Waals surface area contributed by atoms with Crippen molar-refractivity contribution in [3.63, 3.8) is 0 Å². The highest BCUT2D eigenvalue weighted by Crippen LogP contribution is 2.36. The SMILES string of the molecule is NCC[C@H](O)c1ccc(Cl)c(C(F)(F)F)c1. The van der Waals surface area contributed by atoms with Crippen molar-refractivity contribution in [3.8, 4) is 0 Å². The van der Waals surface area contributed by atoms with Gasteiger partial charge in [0.25, 0.3) is 0 Å². The van der Waals surface area contributed by atoms with Gasteiger partial charge in [-0.15, -0.1) is 0 Å². The molecule has 0 aliphatic rings. The summed E-state index contributed by atoms with van der Waals surface area (Å²) in [5, 5.41) is 9.13. The maximum absolute atomic E-state index is 12.5. The van der Waals surface area contributed by atoms with Gasteiger partial charge < -0.3 is 10.8 Å². The summed E-state index contributed by atoms with van der Waals surface area (Å²) in [7, 11) is 0. The summed E-state index contributed by atoms with van der Waals surface area (Å²) in [6.07, 6.45) is -5.31. The van der Waals surface area contributed by atoms with Gasteiger partial charge in [0.2, 0.25) is 0 Å². The van der Waals surface area contributed by atoms with Crippen molar-refractivity contribution in [2.24, 2.45) is 5.73 Å². The summed E-state index contributed by atoms with van der Waals surface area (Å²) in [5.74, 6) is 0. The van der Waals surface area contributed by atoms with Crippen molar-refractivity contribution in [2.75, 3.05) is 6.54 Å². The summed E-state index contributed by atoms with van der Waals surface area (Å²) in [6, 6.07) is 3.33. The fourth-order valence-electron chi connectivity index (χ4n) is 1.29. The van der Waals surface area contributed by atoms with Crippen molar-refractivity contribution < 1.29 is 18.3 Å². The van der Waals surface area contributed by atoms with Crippen molar-refractivity contribution in [2.45, 2.75) is 18.7 Å². The first-order chi connectivity index (χ1) is 7.36. The molecule has 0 radical (unpaired) electrons. The zero-order chi connectivity index (χ0) is 12.3. The number of alkyl halides is 3. The van der Waals surface area contributed by atoms with Crippen LogP contribution in [0.25, 0.3) is 0 Å². The Bertz CT molecular complexity index is 368. The quantitative estimate of drug-likeness (QED) is 0.870. The lowest BCUT2D eigenvalue weighted by Crippen LogP contribution is -2.10. The molecule has 0 saturated heterocycles. The molecule has 2 nitrogen and oxygen atoms in total. The summed E-state index contributed by atoms with van der Waals surface area (Å²) in [5.41, 5.74) is 4.44. The van der Waals surface area contributed by atoms with Crippen molar-refractivity contribution in [1.82, 2.24) is 0 Å². The minimum absolute atomic E-state index is 0.169. The molecule has 0 amide bonds. The molecule has 0 fully saturated rings. The molecule has 0 saturated carbocycles. The van der Waals surface area contributed by atoms with Crippen LogP contribution in [0.4, 0.5) is 13.2 Å². The zero-order valence-corrected chi connectivity index (χ0v) is 9.02. The molecule has 1 rings (SSSR count). The van der Waals surface area contributed by atoms with Gasteiger partial charge in [-0.25, -0.2) is 0 Å². The van der Waals surface area contributed by atoms with E-state index in [1.165, 1.54) is 6.07 Å². The monoisotopic (exact) mass is 253 g/mol. The van der Waals surface area contributed by atoms with Crippen molar-refractivity contribution in [3.05, 3.63) is 34.3 Å². The fraction of sp³-hybridized carbons (Fsp3) is 0.400. The minimum atomic E-state index is -4.52. The average Bonchev–Trinajstić information content (AvgIpc) is 2.16. The maximum Gasteiger partial charge on any atom is 0.417 e. The van der Waals surface area contributed by atoms with E-state index in [4.69, 9.17) is 17.3 Å². The van der Waals surface area contributed by atoms with Crippen LogP contribution in [0.15, 0.2) is 18.2 Å². The molecule has 0 spiro atoms. The molecule has 6 heteroatoms. The maximum atomic E-state index is 12.5. The normalized spacial score (nSPS) is 13.9. The third kappa shape index (κ3) is 3.10. The predicted octanol–water partition coefficient (Wildman–Crippen LogP) is 2.74. The second-order valence-electron chi connectivity index (χ2n) is 3.33. The van der Waals surface area contributed by atoms with Crippen LogP contribution < -0.4 is 5.73 Å². The van der Waals surface area contributed by atoms with Crippen LogP contribution >= 0.6 is 11.6 Å². The van der Waals surface area contributed by atoms with Gasteiger partial charge in [-0.05, 0) is 30.7 Å². The van der Waals surface area contributed by atoms with E-state index < -0.39 is 17.8 Å². The Labute approximate surface area is 95.8 Å². The van der Waals surface area contributed by atoms with E-state index in [0.717, 1.165) is 12.1 Å². The van der Waals surface area contributed by atoms with Gasteiger partial charge >= 0.3 is 6.18 Å². The Morgan fingerprint density at radius 2 is 2.00 bits per heavy atom. The number of hydrogen-bond donors (Lipinski definition) is 2. The number of rotatable bonds is 3. The Morgan fingerprint density at radius 1 is 1.38 bits per heavy atom. The molecule has 0 aliphatic carbocycles. The smallest absolute Gasteiger partial charge is 0.388 e. The van der Waals surface area contributed by atoms with Crippen LogP contribution in [0.2, 0.25) is 5.02 Å². The van der Waals surface area contributed by atoms with Gasteiger partial charge in [-0.3, -0.25) is 0 Å². The molecule has 0 unspecified atom stereocenters. The highest BCUT2D eigenvalue weighted by atomic mass is 35.5. The molecule has 3 N–H and O–H groups in total. The Kier molecular flexibility index (Phi) is 4.18. The number of halogens is 4. The molecule has 16 heavy (non-hydrogen) atoms. The molecule has 0 aliphatic heterocycles. The van der Waals surface area contributed by atoms with Crippen LogP contribution in [0.1, 0.15) is 23.7 Å². The van der Waals surface area contributed by atoms with E-state index in [9.17, 15) is 18.3 Å². The molecule has 0 aromatic heterocycles. The van der Waals surface area contributed by atoms with Crippen LogP contribution in [0.3, 0.4) is 0 Å². The molecular formula is C10H11ClF3NO. The van der Waals surface area contributed by atoms with Gasteiger partial charge in [-0.1, -0.05) is 17.7 Å². The van der Waals surface area contributed by atoms with Crippen LogP contribution in [-0.2, 0) is 6.18 Å². The van der Waals surface area contributed by atoms with Gasteiger partial charge in [0.05, 0.1) is 16.7 Å². The van der Waals surface area contributed by atoms with Crippen LogP contribution in [0.5, 0.6) is 0 Å². The second-order valence-corrected chi connectivity index (χ2v) is 3.74. The van der Waals surface area contributed by atoms with Crippen LogP contribution in [-0.4, -0.2) is 11.7 Å². The van der Waals surface area contributed by atoms with Gasteiger partial charge in [0.1, 0.15) is 0 Å². The summed E-state index contributed by atoms with van der Waals surface area (Å²) in [4.78, 5) is 0. The molecule has 1 aromatic rings. The number of benzene rings is 1. The number of aliphatic hydroxyl groups excluding tert-OH is 1. The second kappa shape index (κ2) is 5.03. The first-order valence-electron chi connectivity index (χ1n) is 4.61. The van der Waals surface area contributed by atoms with E-state index in [0.29, 0.717) is 0 Å². The fourth-order valence-corrected chi connectivity index (χ4v) is 1.52. The lowest BCUT2D eigenvalue weighted by Gasteiger charge is -2.14. The molecule has 0 heterocycles. The topological polar surface area (TPSA) is 46.2 Å². The summed E-state index contributed by atoms with van der Waals surface area (Å²) < 4.78 is 37.5. The van der Waals surface area contributed by atoms with E-state index in [1.807, 2.05) is 0 Å². The largest absolute Gasteiger partial charge is 0.417 e. The molecule has 0 bridgehead atoms. The molecular weight excluding hydrogens is 243 g/mol. The first kappa shape index (κ1) is 13.3. The summed E-state index contributed by atoms with van der Waals surface area (Å²) >= 11 is 5.44. The Morgan fingerprint density at radius 3 is 2.50 bits per heavy atom. The number of aliphatic hydroxyl groups is 1. The summed E-state index contributed by atoms with van der Waals surface area (Å²) in [6.45, 7) is 0.200. The average molecular weight is 254 g/mol. The Hall–Kier alpha value is -0.780. The number of nitrogens with two attached hydrogens (primary N) is 1. The zero-order valence-electron chi connectivity index (χ0n) is 8.26. The first-order valence-corrected chi connectivity index (χ1v) is 4.99. The Balaban J connectivity index is 3.07. The standard InChI is InChI=1S/C10H11ClF3NO/c11-8-2-1-6(9(16)3-4-15)5-7(8)10(12,13)14/h1-2,5,9,16H,3-4,15H2/t9-/m0/s1. The predicted molar refractivity (Wildman–Crippen MR) is 55.1 cm³/mol. The minimum Gasteiger partial charge on any atom is -0.388 e. The van der Waals surface area contributed by atoms with E-state index >= 15 is 0 Å². The van der Waals surface area contributed by atoms with Crippen LogP contribution in [0, 0.1) is 0 Å². The lowest BCUT2D eigenvalue weighted by atomic mass is 10.0. The van der Waals surface area contributed by atoms with E-state index in [1.54, 1.807) is 0 Å². The van der Waals surface area contributed by atoms with Gasteiger partial charge in [-0.2, -0.15) is 13.2 Å². The van der Waals surface area contributed by atoms with Crippen molar-refractivity contribution >= 4 is 11.6 Å². The van der Waals surface area contributed by atoms with E-state index in [2.05, 4.69) is 0 Å². The van der Waals surface area contributed by atoms with Gasteiger partial charge in [0, 0.05) is 0 Å². The van der Waals surface area contributed by atoms with E-state index in [-0.39, 0.29) is 23.6 Å².